The third kappa shape index (κ3) is 2.84. The van der Waals surface area contributed by atoms with E-state index in [0.717, 1.165) is 36.0 Å². The van der Waals surface area contributed by atoms with Crippen molar-refractivity contribution in [2.45, 2.75) is 65.2 Å². The van der Waals surface area contributed by atoms with Crippen LogP contribution >= 0.6 is 0 Å². The van der Waals surface area contributed by atoms with Crippen LogP contribution in [0.3, 0.4) is 0 Å². The van der Waals surface area contributed by atoms with Crippen LogP contribution in [0, 0.1) is 26.7 Å². The number of alkyl halides is 1. The van der Waals surface area contributed by atoms with E-state index < -0.39 is 12.3 Å². The number of rotatable bonds is 5. The average Bonchev–Trinajstić information content (AvgIpc) is 2.96. The van der Waals surface area contributed by atoms with Crippen LogP contribution in [-0.2, 0) is 0 Å². The molecule has 0 aliphatic heterocycles. The predicted molar refractivity (Wildman–Crippen MR) is 77.3 cm³/mol. The van der Waals surface area contributed by atoms with Crippen molar-refractivity contribution in [3.63, 3.8) is 0 Å². The van der Waals surface area contributed by atoms with Gasteiger partial charge in [0.2, 0.25) is 0 Å². The Morgan fingerprint density at radius 2 is 1.79 bits per heavy atom. The van der Waals surface area contributed by atoms with Gasteiger partial charge in [0.1, 0.15) is 6.17 Å². The van der Waals surface area contributed by atoms with E-state index in [2.05, 4.69) is 39.8 Å². The van der Waals surface area contributed by atoms with E-state index in [1.54, 1.807) is 0 Å². The number of hydrogen-bond acceptors (Lipinski definition) is 1. The van der Waals surface area contributed by atoms with Crippen molar-refractivity contribution in [2.24, 2.45) is 5.92 Å². The summed E-state index contributed by atoms with van der Waals surface area (Å²) in [5, 5.41) is 10.1. The van der Waals surface area contributed by atoms with Crippen LogP contribution in [0.15, 0.2) is 12.1 Å². The minimum Gasteiger partial charge on any atom is -0.393 e. The van der Waals surface area contributed by atoms with Crippen LogP contribution < -0.4 is 0 Å². The van der Waals surface area contributed by atoms with Gasteiger partial charge in [0.05, 0.1) is 6.10 Å². The number of aryl methyl sites for hydroxylation is 3. The highest BCUT2D eigenvalue weighted by molar-refractivity contribution is 5.44. The molecule has 0 radical (unpaired) electrons. The molecule has 1 nitrogen and oxygen atoms in total. The summed E-state index contributed by atoms with van der Waals surface area (Å²) in [6, 6.07) is 4.23. The molecule has 1 fully saturated rings. The van der Waals surface area contributed by atoms with Crippen LogP contribution in [0.2, 0.25) is 0 Å². The zero-order valence-electron chi connectivity index (χ0n) is 12.4. The third-order valence-corrected chi connectivity index (χ3v) is 4.35. The fourth-order valence-corrected chi connectivity index (χ4v) is 3.42. The second kappa shape index (κ2) is 5.62. The van der Waals surface area contributed by atoms with Crippen molar-refractivity contribution in [1.82, 2.24) is 0 Å². The first-order valence-corrected chi connectivity index (χ1v) is 7.37. The molecule has 0 saturated heterocycles. The first-order chi connectivity index (χ1) is 8.97. The SMILES string of the molecule is CCCC[C@H](O)[C@H]1[C@H](F)[C@@H]1c1c(C)cc(C)cc1C. The van der Waals surface area contributed by atoms with E-state index in [9.17, 15) is 9.50 Å². The van der Waals surface area contributed by atoms with Gasteiger partial charge in [-0.3, -0.25) is 0 Å². The second-order valence-electron chi connectivity index (χ2n) is 6.07. The van der Waals surface area contributed by atoms with Crippen molar-refractivity contribution in [2.75, 3.05) is 0 Å². The van der Waals surface area contributed by atoms with Gasteiger partial charge in [0.15, 0.2) is 0 Å². The first-order valence-electron chi connectivity index (χ1n) is 7.37. The highest BCUT2D eigenvalue weighted by atomic mass is 19.1. The fourth-order valence-electron chi connectivity index (χ4n) is 3.42. The van der Waals surface area contributed by atoms with Gasteiger partial charge in [-0.2, -0.15) is 0 Å². The normalized spacial score (nSPS) is 27.4. The van der Waals surface area contributed by atoms with Crippen molar-refractivity contribution in [3.8, 4) is 0 Å². The second-order valence-corrected chi connectivity index (χ2v) is 6.07. The summed E-state index contributed by atoms with van der Waals surface area (Å²) in [4.78, 5) is 0. The summed E-state index contributed by atoms with van der Waals surface area (Å²) in [5.74, 6) is -0.279. The lowest BCUT2D eigenvalue weighted by molar-refractivity contribution is 0.126. The summed E-state index contributed by atoms with van der Waals surface area (Å²) >= 11 is 0. The summed E-state index contributed by atoms with van der Waals surface area (Å²) in [7, 11) is 0. The molecule has 0 unspecified atom stereocenters. The van der Waals surface area contributed by atoms with E-state index in [0.29, 0.717) is 0 Å². The number of unbranched alkanes of at least 4 members (excludes halogenated alkanes) is 1. The predicted octanol–water partition coefficient (Wildman–Crippen LogP) is 4.21. The Bertz CT molecular complexity index is 432. The Morgan fingerprint density at radius 3 is 2.32 bits per heavy atom. The van der Waals surface area contributed by atoms with Crippen molar-refractivity contribution < 1.29 is 9.50 Å². The van der Waals surface area contributed by atoms with Crippen LogP contribution in [-0.4, -0.2) is 17.4 Å². The molecule has 0 bridgehead atoms. The summed E-state index contributed by atoms with van der Waals surface area (Å²) < 4.78 is 14.1. The van der Waals surface area contributed by atoms with Crippen LogP contribution in [0.5, 0.6) is 0 Å². The molecular formula is C17H25FO. The molecular weight excluding hydrogens is 239 g/mol. The Kier molecular flexibility index (Phi) is 4.29. The van der Waals surface area contributed by atoms with E-state index in [1.807, 2.05) is 0 Å². The maximum atomic E-state index is 14.1. The molecule has 1 N–H and O–H groups in total. The maximum absolute atomic E-state index is 14.1. The van der Waals surface area contributed by atoms with Gasteiger partial charge in [0, 0.05) is 11.8 Å². The molecule has 4 atom stereocenters. The molecule has 1 aliphatic carbocycles. The Morgan fingerprint density at radius 1 is 1.21 bits per heavy atom. The number of aliphatic hydroxyl groups is 1. The fraction of sp³-hybridized carbons (Fsp3) is 0.647. The molecule has 0 aromatic heterocycles. The zero-order chi connectivity index (χ0) is 14.2. The molecule has 19 heavy (non-hydrogen) atoms. The Balaban J connectivity index is 2.16. The average molecular weight is 264 g/mol. The minimum absolute atomic E-state index is 0.0903. The van der Waals surface area contributed by atoms with E-state index in [4.69, 9.17) is 0 Å². The van der Waals surface area contributed by atoms with Crippen LogP contribution in [0.1, 0.15) is 54.4 Å². The van der Waals surface area contributed by atoms with Crippen molar-refractivity contribution in [1.29, 1.82) is 0 Å². The van der Waals surface area contributed by atoms with Gasteiger partial charge >= 0.3 is 0 Å². The van der Waals surface area contributed by atoms with Crippen LogP contribution in [0.4, 0.5) is 4.39 Å². The number of aliphatic hydroxyl groups excluding tert-OH is 1. The summed E-state index contributed by atoms with van der Waals surface area (Å²) in [6.07, 6.45) is 1.39. The monoisotopic (exact) mass is 264 g/mol. The smallest absolute Gasteiger partial charge is 0.113 e. The van der Waals surface area contributed by atoms with Crippen molar-refractivity contribution in [3.05, 3.63) is 34.4 Å². The largest absolute Gasteiger partial charge is 0.393 e. The van der Waals surface area contributed by atoms with E-state index in [1.165, 1.54) is 5.56 Å². The molecule has 1 saturated carbocycles. The molecule has 0 heterocycles. The number of hydrogen-bond donors (Lipinski definition) is 1. The summed E-state index contributed by atoms with van der Waals surface area (Å²) in [6.45, 7) is 8.27. The highest BCUT2D eigenvalue weighted by Gasteiger charge is 2.56. The van der Waals surface area contributed by atoms with Crippen molar-refractivity contribution >= 4 is 0 Å². The van der Waals surface area contributed by atoms with E-state index >= 15 is 0 Å². The molecule has 1 aliphatic rings. The lowest BCUT2D eigenvalue weighted by atomic mass is 9.94. The quantitative estimate of drug-likeness (QED) is 0.844. The number of benzene rings is 1. The van der Waals surface area contributed by atoms with Gasteiger partial charge in [-0.25, -0.2) is 4.39 Å². The Labute approximate surface area is 115 Å². The maximum Gasteiger partial charge on any atom is 0.113 e. The van der Waals surface area contributed by atoms with E-state index in [-0.39, 0.29) is 11.8 Å². The van der Waals surface area contributed by atoms with Gasteiger partial charge in [0.25, 0.3) is 0 Å². The number of halogens is 1. The standard InChI is InChI=1S/C17H25FO/c1-5-6-7-13(19)15-16(17(15)18)14-11(3)8-10(2)9-12(14)4/h8-9,13,15-17,19H,5-7H2,1-4H3/t13-,15+,16+,17-/m0/s1. The topological polar surface area (TPSA) is 20.2 Å². The summed E-state index contributed by atoms with van der Waals surface area (Å²) in [5.41, 5.74) is 4.67. The molecule has 1 aromatic carbocycles. The molecule has 0 spiro atoms. The lowest BCUT2D eigenvalue weighted by Crippen LogP contribution is -2.11. The first kappa shape index (κ1) is 14.5. The minimum atomic E-state index is -0.869. The third-order valence-electron chi connectivity index (χ3n) is 4.35. The lowest BCUT2D eigenvalue weighted by Gasteiger charge is -2.13. The Hall–Kier alpha value is -0.890. The zero-order valence-corrected chi connectivity index (χ0v) is 12.4. The van der Waals surface area contributed by atoms with Gasteiger partial charge < -0.3 is 5.11 Å². The molecule has 1 aromatic rings. The van der Waals surface area contributed by atoms with Gasteiger partial charge in [-0.05, 0) is 43.9 Å². The van der Waals surface area contributed by atoms with Crippen LogP contribution in [0.25, 0.3) is 0 Å². The molecule has 2 heteroatoms. The molecule has 2 rings (SSSR count). The molecule has 0 amide bonds. The van der Waals surface area contributed by atoms with Gasteiger partial charge in [-0.15, -0.1) is 0 Å². The van der Waals surface area contributed by atoms with Gasteiger partial charge in [-0.1, -0.05) is 37.5 Å². The molecule has 106 valence electrons. The highest BCUT2D eigenvalue weighted by Crippen LogP contribution is 2.54.